The van der Waals surface area contributed by atoms with Crippen molar-refractivity contribution >= 4 is 72.5 Å². The van der Waals surface area contributed by atoms with E-state index in [0.717, 1.165) is 41.9 Å². The third kappa shape index (κ3) is 58.4. The second-order valence-electron chi connectivity index (χ2n) is 11.2. The van der Waals surface area contributed by atoms with Gasteiger partial charge in [-0.15, -0.1) is 0 Å². The molecular formula is C32H63O4S3Sb. The van der Waals surface area contributed by atoms with Gasteiger partial charge in [-0.2, -0.15) is 29.3 Å². The molecule has 0 saturated heterocycles. The molecular weight excluding hydrogens is 666 g/mol. The van der Waals surface area contributed by atoms with Crippen molar-refractivity contribution < 1.29 is 19.8 Å². The van der Waals surface area contributed by atoms with Gasteiger partial charge in [0.25, 0.3) is 0 Å². The summed E-state index contributed by atoms with van der Waals surface area (Å²) in [5, 5.41) is 20.1. The molecule has 0 aliphatic heterocycles. The van der Waals surface area contributed by atoms with Crippen LogP contribution in [-0.4, -0.2) is 65.1 Å². The molecule has 0 aromatic carbocycles. The first-order valence-corrected chi connectivity index (χ1v) is 18.7. The Morgan fingerprint density at radius 2 is 0.900 bits per heavy atom. The molecule has 0 rings (SSSR count). The summed E-state index contributed by atoms with van der Waals surface area (Å²) in [5.41, 5.74) is 0. The van der Waals surface area contributed by atoms with Crippen LogP contribution in [0.15, 0.2) is 0 Å². The number of unbranched alkanes of at least 4 members (excludes halogenated alkanes) is 13. The number of rotatable bonds is 26. The molecule has 0 saturated carbocycles. The second-order valence-corrected chi connectivity index (χ2v) is 13.8. The number of hydrogen-bond donors (Lipinski definition) is 0. The van der Waals surface area contributed by atoms with E-state index in [1.807, 2.05) is 0 Å². The zero-order valence-corrected chi connectivity index (χ0v) is 31.7. The quantitative estimate of drug-likeness (QED) is 0.0520. The minimum absolute atomic E-state index is 0. The predicted octanol–water partition coefficient (Wildman–Crippen LogP) is 7.45. The van der Waals surface area contributed by atoms with Crippen LogP contribution in [0.4, 0.5) is 0 Å². The first-order valence-electron chi connectivity index (χ1n) is 15.8. The van der Waals surface area contributed by atoms with E-state index in [9.17, 15) is 19.8 Å². The third-order valence-corrected chi connectivity index (χ3v) is 8.40. The van der Waals surface area contributed by atoms with Gasteiger partial charge in [0.15, 0.2) is 0 Å². The molecule has 8 heteroatoms. The summed E-state index contributed by atoms with van der Waals surface area (Å²) in [6, 6.07) is 0. The molecule has 4 nitrogen and oxygen atoms in total. The minimum Gasteiger partial charge on any atom is -0.793 e. The maximum absolute atomic E-state index is 10.0. The minimum atomic E-state index is -0.952. The van der Waals surface area contributed by atoms with E-state index in [1.54, 1.807) is 0 Å². The molecule has 0 aromatic heterocycles. The average Bonchev–Trinajstić information content (AvgIpc) is 2.87. The summed E-state index contributed by atoms with van der Waals surface area (Å²) in [5.74, 6) is 2.81. The molecule has 0 atom stereocenters. The van der Waals surface area contributed by atoms with Crippen LogP contribution in [0.3, 0.4) is 0 Å². The Kier molecular flexibility index (Phi) is 50.0. The Balaban J connectivity index is -0.000000240. The summed E-state index contributed by atoms with van der Waals surface area (Å²) < 4.78 is 0. The Morgan fingerprint density at radius 1 is 0.575 bits per heavy atom. The summed E-state index contributed by atoms with van der Waals surface area (Å²) in [4.78, 5) is 20.1. The van der Waals surface area contributed by atoms with Gasteiger partial charge >= 0.3 is 24.4 Å². The summed E-state index contributed by atoms with van der Waals surface area (Å²) in [6.45, 7) is 11.2. The molecule has 0 aliphatic rings. The molecule has 40 heavy (non-hydrogen) atoms. The number of carboxylic acids is 2. The number of carbonyl (C=O) groups is 2. The predicted molar refractivity (Wildman–Crippen MR) is 181 cm³/mol. The SMILES string of the molecule is CC(C)CCCCCSCC(=O)[O-].CC(C)CCCCCSCC(=O)[O-].CCCCCCCCCCCC[S-].[Sb+3]. The van der Waals surface area contributed by atoms with Gasteiger partial charge in [0.05, 0.1) is 11.9 Å². The number of carbonyl (C=O) groups excluding carboxylic acids is 2. The first kappa shape index (κ1) is 47.7. The number of hydrogen-bond acceptors (Lipinski definition) is 7. The van der Waals surface area contributed by atoms with Crippen molar-refractivity contribution in [2.75, 3.05) is 28.8 Å². The van der Waals surface area contributed by atoms with Gasteiger partial charge in [-0.3, -0.25) is 0 Å². The van der Waals surface area contributed by atoms with Crippen molar-refractivity contribution in [1.29, 1.82) is 0 Å². The fraction of sp³-hybridized carbons (Fsp3) is 0.938. The molecule has 0 spiro atoms. The van der Waals surface area contributed by atoms with Gasteiger partial charge in [-0.25, -0.2) is 0 Å². The zero-order valence-electron chi connectivity index (χ0n) is 26.7. The Hall–Kier alpha value is 0.808. The summed E-state index contributed by atoms with van der Waals surface area (Å²) in [7, 11) is 0. The zero-order chi connectivity index (χ0) is 30.0. The van der Waals surface area contributed by atoms with Crippen LogP contribution in [-0.2, 0) is 22.2 Å². The van der Waals surface area contributed by atoms with Gasteiger partial charge in [0.1, 0.15) is 0 Å². The van der Waals surface area contributed by atoms with Crippen molar-refractivity contribution in [3.05, 3.63) is 0 Å². The Bertz CT molecular complexity index is 453. The first-order chi connectivity index (χ1) is 18.7. The van der Waals surface area contributed by atoms with Crippen LogP contribution >= 0.6 is 23.5 Å². The Labute approximate surface area is 281 Å². The molecule has 0 heterocycles. The van der Waals surface area contributed by atoms with Crippen LogP contribution in [0.1, 0.15) is 150 Å². The van der Waals surface area contributed by atoms with Crippen LogP contribution in [0.25, 0.3) is 0 Å². The standard InChI is InChI=1S/C12H26S.2C10H20O2S.Sb/c1-2-3-4-5-6-7-8-9-10-11-12-13;2*1-9(2)6-4-3-5-7-13-8-10(11)12;/h13H,2-12H2,1H3;2*9H,3-8H2,1-2H3,(H,11,12);/q;;;+3/p-3. The van der Waals surface area contributed by atoms with E-state index in [-0.39, 0.29) is 35.9 Å². The van der Waals surface area contributed by atoms with E-state index in [4.69, 9.17) is 12.6 Å². The molecule has 0 N–H and O–H groups in total. The Morgan fingerprint density at radius 3 is 1.20 bits per heavy atom. The normalized spacial score (nSPS) is 10.4. The summed E-state index contributed by atoms with van der Waals surface area (Å²) in [6.07, 6.45) is 23.8. The average molecular weight is 730 g/mol. The van der Waals surface area contributed by atoms with Gasteiger partial charge in [-0.1, -0.05) is 137 Å². The van der Waals surface area contributed by atoms with E-state index in [0.29, 0.717) is 0 Å². The van der Waals surface area contributed by atoms with E-state index in [1.165, 1.54) is 126 Å². The van der Waals surface area contributed by atoms with Crippen LogP contribution in [0.2, 0.25) is 0 Å². The summed E-state index contributed by atoms with van der Waals surface area (Å²) >= 11 is 7.82. The maximum atomic E-state index is 10.0. The van der Waals surface area contributed by atoms with Crippen molar-refractivity contribution in [2.45, 2.75) is 150 Å². The van der Waals surface area contributed by atoms with Crippen molar-refractivity contribution in [3.8, 4) is 0 Å². The third-order valence-electron chi connectivity index (χ3n) is 6.08. The fourth-order valence-corrected chi connectivity index (χ4v) is 5.41. The van der Waals surface area contributed by atoms with Crippen molar-refractivity contribution in [1.82, 2.24) is 0 Å². The van der Waals surface area contributed by atoms with Crippen molar-refractivity contribution in [3.63, 3.8) is 0 Å². The number of carboxylic acid groups (broad SMARTS) is 2. The fourth-order valence-electron chi connectivity index (χ4n) is 3.77. The molecule has 238 valence electrons. The van der Waals surface area contributed by atoms with E-state index < -0.39 is 11.9 Å². The smallest absolute Gasteiger partial charge is 0.793 e. The molecule has 0 bridgehead atoms. The van der Waals surface area contributed by atoms with Crippen molar-refractivity contribution in [2.24, 2.45) is 11.8 Å². The largest absolute Gasteiger partial charge is 3.00 e. The molecule has 0 aromatic rings. The molecule has 0 aliphatic carbocycles. The molecule has 0 unspecified atom stereocenters. The molecule has 0 fully saturated rings. The molecule has 2 radical (unpaired) electrons. The number of aliphatic carboxylic acids is 2. The monoisotopic (exact) mass is 728 g/mol. The van der Waals surface area contributed by atoms with Gasteiger partial charge in [0.2, 0.25) is 0 Å². The van der Waals surface area contributed by atoms with E-state index >= 15 is 0 Å². The van der Waals surface area contributed by atoms with Crippen LogP contribution in [0, 0.1) is 11.8 Å². The van der Waals surface area contributed by atoms with Crippen LogP contribution in [0.5, 0.6) is 0 Å². The van der Waals surface area contributed by atoms with Gasteiger partial charge in [-0.05, 0) is 36.2 Å². The van der Waals surface area contributed by atoms with Crippen LogP contribution < -0.4 is 10.2 Å². The van der Waals surface area contributed by atoms with Gasteiger partial charge < -0.3 is 32.4 Å². The second kappa shape index (κ2) is 41.9. The maximum Gasteiger partial charge on any atom is 3.00 e. The van der Waals surface area contributed by atoms with Gasteiger partial charge in [0, 0.05) is 11.5 Å². The number of thioether (sulfide) groups is 2. The topological polar surface area (TPSA) is 80.3 Å². The van der Waals surface area contributed by atoms with E-state index in [2.05, 4.69) is 34.6 Å². The molecule has 0 amide bonds.